The molecule has 6 nitrogen and oxygen atoms in total. The molecule has 0 spiro atoms. The first-order valence-electron chi connectivity index (χ1n) is 8.50. The molecule has 6 heteroatoms. The molecule has 1 N–H and O–H groups in total. The molecule has 1 aromatic carbocycles. The second-order valence-electron chi connectivity index (χ2n) is 6.87. The summed E-state index contributed by atoms with van der Waals surface area (Å²) in [7, 11) is 1.69. The van der Waals surface area contributed by atoms with Crippen LogP contribution in [0, 0.1) is 0 Å². The summed E-state index contributed by atoms with van der Waals surface area (Å²) >= 11 is 0. The summed E-state index contributed by atoms with van der Waals surface area (Å²) in [5, 5.41) is 11.2. The maximum atomic E-state index is 12.2. The Morgan fingerprint density at radius 1 is 1.38 bits per heavy atom. The van der Waals surface area contributed by atoms with Gasteiger partial charge in [0.05, 0.1) is 12.8 Å². The zero-order chi connectivity index (χ0) is 16.6. The maximum absolute atomic E-state index is 12.2. The van der Waals surface area contributed by atoms with Gasteiger partial charge in [-0.15, -0.1) is 5.10 Å². The van der Waals surface area contributed by atoms with E-state index in [-0.39, 0.29) is 17.9 Å². The third kappa shape index (κ3) is 3.00. The molecule has 1 aromatic heterocycles. The number of nitrogens with one attached hydrogen (secondary N) is 1. The number of ether oxygens (including phenoxy) is 1. The van der Waals surface area contributed by atoms with Crippen molar-refractivity contribution in [3.63, 3.8) is 0 Å². The maximum Gasteiger partial charge on any atom is 0.241 e. The van der Waals surface area contributed by atoms with Crippen molar-refractivity contribution < 1.29 is 9.53 Å². The monoisotopic (exact) mass is 326 g/mol. The minimum atomic E-state index is -0.0246. The van der Waals surface area contributed by atoms with Gasteiger partial charge >= 0.3 is 0 Å². The summed E-state index contributed by atoms with van der Waals surface area (Å²) in [6, 6.07) is 8.07. The molecule has 24 heavy (non-hydrogen) atoms. The molecule has 0 bridgehead atoms. The van der Waals surface area contributed by atoms with Gasteiger partial charge in [0.2, 0.25) is 5.91 Å². The Kier molecular flexibility index (Phi) is 3.75. The highest BCUT2D eigenvalue weighted by Gasteiger charge is 2.46. The van der Waals surface area contributed by atoms with Crippen LogP contribution < -0.4 is 10.1 Å². The Morgan fingerprint density at radius 3 is 2.88 bits per heavy atom. The third-order valence-electron chi connectivity index (χ3n) is 5.01. The van der Waals surface area contributed by atoms with Crippen molar-refractivity contribution in [3.8, 4) is 5.75 Å². The van der Waals surface area contributed by atoms with Crippen LogP contribution in [-0.4, -0.2) is 34.6 Å². The van der Waals surface area contributed by atoms with Gasteiger partial charge in [-0.1, -0.05) is 23.4 Å². The van der Waals surface area contributed by atoms with Gasteiger partial charge in [-0.3, -0.25) is 4.79 Å². The van der Waals surface area contributed by atoms with Crippen molar-refractivity contribution in [2.45, 2.75) is 43.6 Å². The Bertz CT molecular complexity index is 747. The van der Waals surface area contributed by atoms with E-state index in [0.29, 0.717) is 12.5 Å². The molecule has 0 radical (unpaired) electrons. The molecule has 2 fully saturated rings. The topological polar surface area (TPSA) is 69.0 Å². The molecular weight excluding hydrogens is 304 g/mol. The number of amides is 1. The van der Waals surface area contributed by atoms with Gasteiger partial charge in [-0.05, 0) is 31.7 Å². The second-order valence-corrected chi connectivity index (χ2v) is 6.87. The molecule has 2 saturated carbocycles. The first-order valence-corrected chi connectivity index (χ1v) is 8.50. The first kappa shape index (κ1) is 15.2. The van der Waals surface area contributed by atoms with Crippen LogP contribution in [0.5, 0.6) is 5.75 Å². The number of carbonyl (C=O) groups excluding carboxylic acids is 1. The van der Waals surface area contributed by atoms with Gasteiger partial charge in [0.15, 0.2) is 0 Å². The Morgan fingerprint density at radius 2 is 2.17 bits per heavy atom. The van der Waals surface area contributed by atoms with Crippen LogP contribution in [0.4, 0.5) is 0 Å². The summed E-state index contributed by atoms with van der Waals surface area (Å²) in [6.07, 6.45) is 6.41. The van der Waals surface area contributed by atoms with Gasteiger partial charge in [-0.25, -0.2) is 4.68 Å². The highest BCUT2D eigenvalue weighted by Crippen LogP contribution is 2.50. The van der Waals surface area contributed by atoms with Gasteiger partial charge in [-0.2, -0.15) is 0 Å². The molecule has 0 unspecified atom stereocenters. The minimum absolute atomic E-state index is 0.0177. The number of carbonyl (C=O) groups is 1. The molecule has 0 atom stereocenters. The number of nitrogens with zero attached hydrogens (tertiary/aromatic N) is 3. The lowest BCUT2D eigenvalue weighted by atomic mass is 9.95. The summed E-state index contributed by atoms with van der Waals surface area (Å²) in [5.74, 6) is 1.43. The number of methoxy groups -OCH3 is 1. The van der Waals surface area contributed by atoms with Crippen molar-refractivity contribution in [2.24, 2.45) is 0 Å². The number of hydrogen-bond acceptors (Lipinski definition) is 4. The Hall–Kier alpha value is -2.37. The molecule has 2 aliphatic carbocycles. The number of benzene rings is 1. The van der Waals surface area contributed by atoms with Crippen molar-refractivity contribution in [1.29, 1.82) is 0 Å². The Balaban J connectivity index is 1.36. The minimum Gasteiger partial charge on any atom is -0.496 e. The Labute approximate surface area is 141 Å². The van der Waals surface area contributed by atoms with Crippen LogP contribution in [0.2, 0.25) is 0 Å². The number of para-hydroxylation sites is 1. The van der Waals surface area contributed by atoms with E-state index < -0.39 is 0 Å². The number of hydrogen-bond donors (Lipinski definition) is 1. The largest absolute Gasteiger partial charge is 0.496 e. The predicted octanol–water partition coefficient (Wildman–Crippen LogP) is 2.01. The molecule has 0 saturated heterocycles. The highest BCUT2D eigenvalue weighted by atomic mass is 16.5. The van der Waals surface area contributed by atoms with Crippen molar-refractivity contribution in [2.75, 3.05) is 13.7 Å². The van der Waals surface area contributed by atoms with Crippen LogP contribution in [0.3, 0.4) is 0 Å². The SMILES string of the molecule is COc1ccccc1C1(CNC(=O)Cn2cc(C3CC3)nn2)CC1. The van der Waals surface area contributed by atoms with E-state index in [1.807, 2.05) is 24.4 Å². The second kappa shape index (κ2) is 5.92. The van der Waals surface area contributed by atoms with Crippen LogP contribution in [-0.2, 0) is 16.8 Å². The fourth-order valence-corrected chi connectivity index (χ4v) is 3.20. The molecule has 1 heterocycles. The quantitative estimate of drug-likeness (QED) is 0.845. The van der Waals surface area contributed by atoms with E-state index in [2.05, 4.69) is 21.7 Å². The molecular formula is C18H22N4O2. The molecule has 2 aromatic rings. The van der Waals surface area contributed by atoms with Gasteiger partial charge < -0.3 is 10.1 Å². The number of aromatic nitrogens is 3. The molecule has 4 rings (SSSR count). The van der Waals surface area contributed by atoms with E-state index in [1.54, 1.807) is 11.8 Å². The van der Waals surface area contributed by atoms with Gasteiger partial charge in [0.25, 0.3) is 0 Å². The van der Waals surface area contributed by atoms with Crippen LogP contribution in [0.25, 0.3) is 0 Å². The van der Waals surface area contributed by atoms with E-state index >= 15 is 0 Å². The molecule has 0 aliphatic heterocycles. The summed E-state index contributed by atoms with van der Waals surface area (Å²) in [6.45, 7) is 0.859. The normalized spacial score (nSPS) is 18.2. The van der Waals surface area contributed by atoms with Crippen molar-refractivity contribution in [1.82, 2.24) is 20.3 Å². The lowest BCUT2D eigenvalue weighted by molar-refractivity contribution is -0.122. The average Bonchev–Trinajstić information content (AvgIpc) is 3.53. The molecule has 126 valence electrons. The van der Waals surface area contributed by atoms with Gasteiger partial charge in [0.1, 0.15) is 12.3 Å². The van der Waals surface area contributed by atoms with Crippen LogP contribution in [0.1, 0.15) is 42.9 Å². The van der Waals surface area contributed by atoms with E-state index in [9.17, 15) is 4.79 Å². The van der Waals surface area contributed by atoms with Crippen molar-refractivity contribution >= 4 is 5.91 Å². The van der Waals surface area contributed by atoms with E-state index in [4.69, 9.17) is 4.74 Å². The average molecular weight is 326 g/mol. The summed E-state index contributed by atoms with van der Waals surface area (Å²) in [5.41, 5.74) is 2.21. The standard InChI is InChI=1S/C18H22N4O2/c1-24-16-5-3-2-4-14(16)18(8-9-18)12-19-17(23)11-22-10-15(20-21-22)13-6-7-13/h2-5,10,13H,6-9,11-12H2,1H3,(H,19,23). The zero-order valence-electron chi connectivity index (χ0n) is 13.9. The summed E-state index contributed by atoms with van der Waals surface area (Å²) in [4.78, 5) is 12.2. The van der Waals surface area contributed by atoms with Gasteiger partial charge in [0, 0.05) is 29.6 Å². The fraction of sp³-hybridized carbons (Fsp3) is 0.500. The molecule has 1 amide bonds. The first-order chi connectivity index (χ1) is 11.7. The van der Waals surface area contributed by atoms with E-state index in [1.165, 1.54) is 18.4 Å². The lowest BCUT2D eigenvalue weighted by Crippen LogP contribution is -2.34. The van der Waals surface area contributed by atoms with Crippen molar-refractivity contribution in [3.05, 3.63) is 41.7 Å². The highest BCUT2D eigenvalue weighted by molar-refractivity contribution is 5.75. The lowest BCUT2D eigenvalue weighted by Gasteiger charge is -2.19. The predicted molar refractivity (Wildman–Crippen MR) is 88.9 cm³/mol. The van der Waals surface area contributed by atoms with Crippen LogP contribution in [0.15, 0.2) is 30.5 Å². The van der Waals surface area contributed by atoms with E-state index in [0.717, 1.165) is 24.3 Å². The zero-order valence-corrected chi connectivity index (χ0v) is 13.9. The van der Waals surface area contributed by atoms with Crippen LogP contribution >= 0.6 is 0 Å². The summed E-state index contributed by atoms with van der Waals surface area (Å²) < 4.78 is 7.10. The molecule has 2 aliphatic rings. The number of rotatable bonds is 7. The third-order valence-corrected chi connectivity index (χ3v) is 5.01. The fourth-order valence-electron chi connectivity index (χ4n) is 3.20. The smallest absolute Gasteiger partial charge is 0.241 e.